The monoisotopic (exact) mass is 568 g/mol. The van der Waals surface area contributed by atoms with Crippen LogP contribution in [-0.4, -0.2) is 43.7 Å². The molecule has 0 saturated carbocycles. The molecule has 1 fully saturated rings. The van der Waals surface area contributed by atoms with Gasteiger partial charge in [0.2, 0.25) is 5.91 Å². The smallest absolute Gasteiger partial charge is 0.233 e. The average molecular weight is 568 g/mol. The summed E-state index contributed by atoms with van der Waals surface area (Å²) in [6, 6.07) is 26.9. The van der Waals surface area contributed by atoms with Crippen molar-refractivity contribution in [3.8, 4) is 5.75 Å². The Bertz CT molecular complexity index is 1100. The highest BCUT2D eigenvalue weighted by molar-refractivity contribution is 5.91. The number of fused-ring (bicyclic) bond motifs is 1. The molecular formula is C29H33IN2O2. The van der Waals surface area contributed by atoms with Gasteiger partial charge in [0.15, 0.2) is 0 Å². The van der Waals surface area contributed by atoms with Gasteiger partial charge in [-0.3, -0.25) is 4.79 Å². The van der Waals surface area contributed by atoms with Crippen molar-refractivity contribution in [3.05, 3.63) is 101 Å². The van der Waals surface area contributed by atoms with Crippen LogP contribution in [0.15, 0.2) is 78.9 Å². The van der Waals surface area contributed by atoms with Gasteiger partial charge < -0.3 is 38.9 Å². The second-order valence-corrected chi connectivity index (χ2v) is 9.93. The standard InChI is InChI=1S/C29H32N2O2.HI/c1-31(17-14-22-12-13-27-23(20-22)16-19-33-27)18-15-26(21-31)29(28(30)32,24-8-4-2-5-9-24)25-10-6-3-7-11-25;/h2-13,20,26H,14-19,21H2,1H3,(H-,30,32);1H/t26-,31?;/m1./s1. The van der Waals surface area contributed by atoms with Crippen LogP contribution in [0, 0.1) is 5.92 Å². The van der Waals surface area contributed by atoms with Gasteiger partial charge in [0, 0.05) is 25.2 Å². The van der Waals surface area contributed by atoms with E-state index in [1.165, 1.54) is 11.1 Å². The van der Waals surface area contributed by atoms with E-state index in [-0.39, 0.29) is 35.8 Å². The second-order valence-electron chi connectivity index (χ2n) is 9.93. The molecule has 0 radical (unpaired) electrons. The van der Waals surface area contributed by atoms with E-state index in [4.69, 9.17) is 10.5 Å². The number of primary amides is 1. The van der Waals surface area contributed by atoms with Crippen LogP contribution in [0.3, 0.4) is 0 Å². The molecule has 2 N–H and O–H groups in total. The largest absolute Gasteiger partial charge is 1.00 e. The summed E-state index contributed by atoms with van der Waals surface area (Å²) in [7, 11) is 2.33. The van der Waals surface area contributed by atoms with Gasteiger partial charge in [-0.1, -0.05) is 72.8 Å². The zero-order valence-electron chi connectivity index (χ0n) is 19.8. The summed E-state index contributed by atoms with van der Waals surface area (Å²) in [6.45, 7) is 3.82. The lowest BCUT2D eigenvalue weighted by Crippen LogP contribution is -3.00. The number of likely N-dealkylation sites (N-methyl/N-ethyl adjacent to an activating group) is 1. The minimum Gasteiger partial charge on any atom is -1.00 e. The van der Waals surface area contributed by atoms with Crippen LogP contribution in [0.25, 0.3) is 0 Å². The van der Waals surface area contributed by atoms with E-state index in [9.17, 15) is 4.79 Å². The Balaban J connectivity index is 0.00000274. The van der Waals surface area contributed by atoms with Crippen LogP contribution in [0.5, 0.6) is 5.75 Å². The number of halogens is 1. The number of benzene rings is 3. The molecule has 1 unspecified atom stereocenters. The molecule has 2 heterocycles. The van der Waals surface area contributed by atoms with Crippen LogP contribution in [0.1, 0.15) is 28.7 Å². The molecular weight excluding hydrogens is 535 g/mol. The first-order chi connectivity index (χ1) is 16.0. The predicted octanol–water partition coefficient (Wildman–Crippen LogP) is 1.11. The van der Waals surface area contributed by atoms with E-state index in [1.54, 1.807) is 0 Å². The summed E-state index contributed by atoms with van der Waals surface area (Å²) in [4.78, 5) is 13.3. The fourth-order valence-corrected chi connectivity index (χ4v) is 6.06. The summed E-state index contributed by atoms with van der Waals surface area (Å²) >= 11 is 0. The Morgan fingerprint density at radius 3 is 2.29 bits per heavy atom. The normalized spacial score (nSPS) is 21.4. The fraction of sp³-hybridized carbons (Fsp3) is 0.345. The number of ether oxygens (including phenoxy) is 1. The molecule has 34 heavy (non-hydrogen) atoms. The van der Waals surface area contributed by atoms with Crippen molar-refractivity contribution in [2.45, 2.75) is 24.7 Å². The molecule has 0 spiro atoms. The van der Waals surface area contributed by atoms with E-state index in [2.05, 4.69) is 49.5 Å². The molecule has 2 atom stereocenters. The predicted molar refractivity (Wildman–Crippen MR) is 131 cm³/mol. The Morgan fingerprint density at radius 1 is 1.03 bits per heavy atom. The maximum Gasteiger partial charge on any atom is 0.233 e. The highest BCUT2D eigenvalue weighted by atomic mass is 127. The Morgan fingerprint density at radius 2 is 1.68 bits per heavy atom. The van der Waals surface area contributed by atoms with Gasteiger partial charge in [0.25, 0.3) is 0 Å². The minimum atomic E-state index is -0.816. The lowest BCUT2D eigenvalue weighted by atomic mass is 9.64. The molecule has 0 bridgehead atoms. The van der Waals surface area contributed by atoms with Crippen molar-refractivity contribution in [3.63, 3.8) is 0 Å². The number of rotatable bonds is 7. The van der Waals surface area contributed by atoms with E-state index in [0.29, 0.717) is 0 Å². The molecule has 2 aliphatic heterocycles. The summed E-state index contributed by atoms with van der Waals surface area (Å²) in [5.41, 5.74) is 10.1. The number of quaternary nitrogens is 1. The third-order valence-electron chi connectivity index (χ3n) is 7.83. The van der Waals surface area contributed by atoms with Crippen LogP contribution in [0.4, 0.5) is 0 Å². The number of nitrogens with zero attached hydrogens (tertiary/aromatic N) is 1. The first-order valence-corrected chi connectivity index (χ1v) is 12.0. The molecule has 2 aliphatic rings. The summed E-state index contributed by atoms with van der Waals surface area (Å²) in [5, 5.41) is 0. The molecule has 3 aromatic carbocycles. The lowest BCUT2D eigenvalue weighted by molar-refractivity contribution is -0.899. The van der Waals surface area contributed by atoms with Crippen molar-refractivity contribution in [1.29, 1.82) is 0 Å². The summed E-state index contributed by atoms with van der Waals surface area (Å²) in [5.74, 6) is 0.938. The number of carbonyl (C=O) groups is 1. The minimum absolute atomic E-state index is 0. The van der Waals surface area contributed by atoms with Crippen LogP contribution in [0.2, 0.25) is 0 Å². The van der Waals surface area contributed by atoms with Crippen LogP contribution >= 0.6 is 0 Å². The topological polar surface area (TPSA) is 52.3 Å². The number of amides is 1. The summed E-state index contributed by atoms with van der Waals surface area (Å²) < 4.78 is 6.61. The third kappa shape index (κ3) is 4.48. The number of carbonyl (C=O) groups excluding carboxylic acids is 1. The number of likely N-dealkylation sites (tertiary alicyclic amines) is 1. The van der Waals surface area contributed by atoms with E-state index < -0.39 is 5.41 Å². The Hall–Kier alpha value is -2.38. The molecule has 0 aliphatic carbocycles. The highest BCUT2D eigenvalue weighted by Crippen LogP contribution is 2.45. The van der Waals surface area contributed by atoms with Crippen molar-refractivity contribution in [1.82, 2.24) is 0 Å². The van der Waals surface area contributed by atoms with E-state index in [0.717, 1.165) is 66.9 Å². The maximum atomic E-state index is 13.3. The van der Waals surface area contributed by atoms with Gasteiger partial charge in [0.05, 0.1) is 33.3 Å². The van der Waals surface area contributed by atoms with Gasteiger partial charge in [0.1, 0.15) is 11.2 Å². The maximum absolute atomic E-state index is 13.3. The molecule has 0 aromatic heterocycles. The molecule has 3 aromatic rings. The molecule has 1 saturated heterocycles. The van der Waals surface area contributed by atoms with E-state index in [1.807, 2.05) is 36.4 Å². The van der Waals surface area contributed by atoms with E-state index >= 15 is 0 Å². The molecule has 178 valence electrons. The number of hydrogen-bond acceptors (Lipinski definition) is 2. The van der Waals surface area contributed by atoms with Crippen LogP contribution < -0.4 is 34.4 Å². The van der Waals surface area contributed by atoms with Crippen molar-refractivity contribution in [2.75, 3.05) is 33.3 Å². The fourth-order valence-electron chi connectivity index (χ4n) is 6.06. The highest BCUT2D eigenvalue weighted by Gasteiger charge is 2.53. The zero-order valence-corrected chi connectivity index (χ0v) is 21.9. The van der Waals surface area contributed by atoms with Crippen molar-refractivity contribution in [2.24, 2.45) is 11.7 Å². The van der Waals surface area contributed by atoms with Gasteiger partial charge in [-0.05, 0) is 28.3 Å². The van der Waals surface area contributed by atoms with Crippen LogP contribution in [-0.2, 0) is 23.1 Å². The lowest BCUT2D eigenvalue weighted by Gasteiger charge is -2.38. The van der Waals surface area contributed by atoms with Crippen molar-refractivity contribution >= 4 is 5.91 Å². The Kier molecular flexibility index (Phi) is 7.33. The van der Waals surface area contributed by atoms with Gasteiger partial charge in [-0.2, -0.15) is 0 Å². The molecule has 4 nitrogen and oxygen atoms in total. The summed E-state index contributed by atoms with van der Waals surface area (Å²) in [6.07, 6.45) is 3.00. The first kappa shape index (κ1) is 24.7. The number of nitrogens with two attached hydrogens (primary N) is 1. The molecule has 5 heteroatoms. The van der Waals surface area contributed by atoms with Gasteiger partial charge in [-0.15, -0.1) is 0 Å². The van der Waals surface area contributed by atoms with Crippen molar-refractivity contribution < 1.29 is 38.0 Å². The van der Waals surface area contributed by atoms with Gasteiger partial charge in [-0.25, -0.2) is 0 Å². The SMILES string of the molecule is C[N+]1(CCc2ccc3c(c2)CCO3)CC[C@@H](C(C(N)=O)(c2ccccc2)c2ccccc2)C1.[I-]. The first-order valence-electron chi connectivity index (χ1n) is 12.0. The molecule has 1 amide bonds. The zero-order chi connectivity index (χ0) is 22.9. The van der Waals surface area contributed by atoms with Gasteiger partial charge >= 0.3 is 0 Å². The second kappa shape index (κ2) is 10.1. The third-order valence-corrected chi connectivity index (χ3v) is 7.83. The average Bonchev–Trinajstić information content (AvgIpc) is 3.46. The molecule has 5 rings (SSSR count). The number of hydrogen-bond donors (Lipinski definition) is 1. The Labute approximate surface area is 219 Å². The quantitative estimate of drug-likeness (QED) is 0.343.